The first kappa shape index (κ1) is 36.3. The van der Waals surface area contributed by atoms with Crippen LogP contribution in [0.5, 0.6) is 0 Å². The van der Waals surface area contributed by atoms with Gasteiger partial charge in [-0.15, -0.1) is 5.10 Å². The first-order valence-corrected chi connectivity index (χ1v) is 17.8. The lowest BCUT2D eigenvalue weighted by Crippen LogP contribution is -2.35. The molecule has 0 saturated carbocycles. The zero-order chi connectivity index (χ0) is 35.6. The van der Waals surface area contributed by atoms with Gasteiger partial charge in [-0.05, 0) is 71.7 Å². The summed E-state index contributed by atoms with van der Waals surface area (Å²) in [6.07, 6.45) is 1.00. The predicted molar refractivity (Wildman–Crippen MR) is 178 cm³/mol. The molecule has 2 atom stereocenters. The van der Waals surface area contributed by atoms with E-state index in [1.807, 2.05) is 58.9 Å². The number of fused-ring (bicyclic) bond motifs is 1. The standard InChI is InChI=1S/C36H42F3N5O4S/c1-6-14-43-22-31(41-42-43)23-48-34(35(4,5)33(45)16-26-8-7-13-40-19-26)28-10-9-25(3)29(17-28)21-44-20-24(2)15-27-11-12-30(36(37,38)39)18-32(27)49(44,46)47/h7-13,17-19,22,24,34H,6,14-16,20-21,23H2,1-5H3/t24-,34+/m0/s1. The highest BCUT2D eigenvalue weighted by Crippen LogP contribution is 2.41. The van der Waals surface area contributed by atoms with Crippen LogP contribution in [-0.4, -0.2) is 45.0 Å². The van der Waals surface area contributed by atoms with E-state index in [1.165, 1.54) is 10.4 Å². The monoisotopic (exact) mass is 697 g/mol. The molecule has 3 heterocycles. The Kier molecular flexibility index (Phi) is 10.8. The first-order valence-electron chi connectivity index (χ1n) is 16.3. The summed E-state index contributed by atoms with van der Waals surface area (Å²) in [6, 6.07) is 12.1. The average molecular weight is 698 g/mol. The number of aryl methyl sites for hydroxylation is 2. The van der Waals surface area contributed by atoms with E-state index in [2.05, 4.69) is 15.3 Å². The van der Waals surface area contributed by atoms with Crippen LogP contribution in [0.4, 0.5) is 13.2 Å². The number of hydrogen-bond donors (Lipinski definition) is 0. The number of Topliss-reactive ketones (excluding diaryl/α,β-unsaturated/α-hetero) is 1. The number of ketones is 1. The third-order valence-electron chi connectivity index (χ3n) is 9.02. The number of pyridine rings is 1. The minimum absolute atomic E-state index is 0.0653. The molecule has 0 spiro atoms. The Morgan fingerprint density at radius 1 is 1.12 bits per heavy atom. The van der Waals surface area contributed by atoms with Crippen molar-refractivity contribution in [3.05, 3.63) is 106 Å². The molecule has 0 saturated heterocycles. The quantitative estimate of drug-likeness (QED) is 0.159. The number of carbonyl (C=O) groups excluding carboxylic acids is 1. The van der Waals surface area contributed by atoms with Crippen molar-refractivity contribution >= 4 is 15.8 Å². The van der Waals surface area contributed by atoms with E-state index in [1.54, 1.807) is 29.3 Å². The number of benzene rings is 2. The summed E-state index contributed by atoms with van der Waals surface area (Å²) in [7, 11) is -4.28. The molecule has 1 aliphatic heterocycles. The second-order valence-electron chi connectivity index (χ2n) is 13.5. The van der Waals surface area contributed by atoms with Gasteiger partial charge in [0.1, 0.15) is 11.5 Å². The molecule has 0 aliphatic carbocycles. The number of nitrogens with zero attached hydrogens (tertiary/aromatic N) is 5. The molecule has 5 rings (SSSR count). The van der Waals surface area contributed by atoms with Crippen LogP contribution in [0, 0.1) is 18.3 Å². The minimum Gasteiger partial charge on any atom is -0.366 e. The Labute approximate surface area is 285 Å². The summed E-state index contributed by atoms with van der Waals surface area (Å²) < 4.78 is 78.3. The summed E-state index contributed by atoms with van der Waals surface area (Å²) in [5, 5.41) is 8.38. The Morgan fingerprint density at radius 2 is 1.90 bits per heavy atom. The molecule has 262 valence electrons. The third kappa shape index (κ3) is 8.27. The second-order valence-corrected chi connectivity index (χ2v) is 15.4. The van der Waals surface area contributed by atoms with Gasteiger partial charge in [-0.25, -0.2) is 8.42 Å². The van der Waals surface area contributed by atoms with E-state index < -0.39 is 33.3 Å². The fourth-order valence-corrected chi connectivity index (χ4v) is 8.02. The van der Waals surface area contributed by atoms with Crippen LogP contribution in [0.1, 0.15) is 79.3 Å². The number of halogens is 3. The van der Waals surface area contributed by atoms with Crippen molar-refractivity contribution in [1.82, 2.24) is 24.3 Å². The Morgan fingerprint density at radius 3 is 2.59 bits per heavy atom. The van der Waals surface area contributed by atoms with Gasteiger partial charge >= 0.3 is 6.18 Å². The van der Waals surface area contributed by atoms with Crippen molar-refractivity contribution in [1.29, 1.82) is 0 Å². The SMILES string of the molecule is CCCn1cc(CO[C@H](c2ccc(C)c(CN3C[C@@H](C)Cc4ccc(C(F)(F)F)cc4S3(=O)=O)c2)C(C)(C)C(=O)Cc2cccnc2)nn1. The lowest BCUT2D eigenvalue weighted by Gasteiger charge is -2.34. The zero-order valence-electron chi connectivity index (χ0n) is 28.4. The Bertz CT molecular complexity index is 1890. The number of alkyl halides is 3. The highest BCUT2D eigenvalue weighted by molar-refractivity contribution is 7.89. The van der Waals surface area contributed by atoms with Gasteiger partial charge in [-0.1, -0.05) is 63.2 Å². The average Bonchev–Trinajstić information content (AvgIpc) is 3.46. The van der Waals surface area contributed by atoms with Crippen molar-refractivity contribution in [2.75, 3.05) is 6.54 Å². The molecule has 9 nitrogen and oxygen atoms in total. The van der Waals surface area contributed by atoms with Crippen molar-refractivity contribution in [3.8, 4) is 0 Å². The van der Waals surface area contributed by atoms with E-state index >= 15 is 0 Å². The fourth-order valence-electron chi connectivity index (χ4n) is 6.22. The maximum atomic E-state index is 14.0. The first-order chi connectivity index (χ1) is 23.1. The van der Waals surface area contributed by atoms with Crippen LogP contribution in [0.15, 0.2) is 72.0 Å². The maximum Gasteiger partial charge on any atom is 0.416 e. The number of carbonyl (C=O) groups is 1. The molecular formula is C36H42F3N5O4S. The van der Waals surface area contributed by atoms with Crippen molar-refractivity contribution in [3.63, 3.8) is 0 Å². The topological polar surface area (TPSA) is 107 Å². The molecule has 4 aromatic rings. The van der Waals surface area contributed by atoms with Crippen molar-refractivity contribution in [2.24, 2.45) is 11.3 Å². The highest BCUT2D eigenvalue weighted by Gasteiger charge is 2.40. The lowest BCUT2D eigenvalue weighted by atomic mass is 9.76. The van der Waals surface area contributed by atoms with Crippen molar-refractivity contribution in [2.45, 2.75) is 90.8 Å². The van der Waals surface area contributed by atoms with E-state index in [9.17, 15) is 26.4 Å². The van der Waals surface area contributed by atoms with Crippen LogP contribution < -0.4 is 0 Å². The summed E-state index contributed by atoms with van der Waals surface area (Å²) in [5.74, 6) is -0.222. The fraction of sp³-hybridized carbons (Fsp3) is 0.444. The minimum atomic E-state index is -4.68. The van der Waals surface area contributed by atoms with E-state index in [0.717, 1.165) is 29.7 Å². The smallest absolute Gasteiger partial charge is 0.366 e. The van der Waals surface area contributed by atoms with Gasteiger partial charge in [0.05, 0.1) is 34.8 Å². The Balaban J connectivity index is 1.50. The lowest BCUT2D eigenvalue weighted by molar-refractivity contribution is -0.138. The van der Waals surface area contributed by atoms with Gasteiger partial charge in [0.15, 0.2) is 0 Å². The van der Waals surface area contributed by atoms with E-state index in [0.29, 0.717) is 35.3 Å². The van der Waals surface area contributed by atoms with Crippen LogP contribution in [0.3, 0.4) is 0 Å². The van der Waals surface area contributed by atoms with E-state index in [4.69, 9.17) is 4.74 Å². The predicted octanol–water partition coefficient (Wildman–Crippen LogP) is 6.89. The second kappa shape index (κ2) is 14.5. The molecule has 0 unspecified atom stereocenters. The third-order valence-corrected chi connectivity index (χ3v) is 10.9. The molecule has 0 amide bonds. The number of rotatable bonds is 12. The van der Waals surface area contributed by atoms with Crippen LogP contribution in [0.2, 0.25) is 0 Å². The van der Waals surface area contributed by atoms with Gasteiger partial charge in [-0.3, -0.25) is 14.5 Å². The molecule has 2 aromatic heterocycles. The highest BCUT2D eigenvalue weighted by atomic mass is 32.2. The van der Waals surface area contributed by atoms with Crippen molar-refractivity contribution < 1.29 is 31.1 Å². The summed E-state index contributed by atoms with van der Waals surface area (Å²) >= 11 is 0. The number of aromatic nitrogens is 4. The van der Waals surface area contributed by atoms with Gasteiger partial charge in [0.2, 0.25) is 10.0 Å². The van der Waals surface area contributed by atoms with E-state index in [-0.39, 0.29) is 42.7 Å². The number of sulfonamides is 1. The maximum absolute atomic E-state index is 14.0. The molecule has 0 N–H and O–H groups in total. The Hall–Kier alpha value is -3.94. The summed E-state index contributed by atoms with van der Waals surface area (Å²) in [4.78, 5) is 17.7. The molecule has 1 aliphatic rings. The normalized spacial score (nSPS) is 17.3. The molecular weight excluding hydrogens is 655 g/mol. The van der Waals surface area contributed by atoms with Gasteiger partial charge < -0.3 is 4.74 Å². The van der Waals surface area contributed by atoms with Gasteiger partial charge in [-0.2, -0.15) is 17.5 Å². The number of hydrogen-bond acceptors (Lipinski definition) is 7. The van der Waals surface area contributed by atoms with Crippen LogP contribution >= 0.6 is 0 Å². The van der Waals surface area contributed by atoms with Gasteiger partial charge in [0, 0.05) is 38.4 Å². The molecule has 0 radical (unpaired) electrons. The molecule has 0 bridgehead atoms. The molecule has 2 aromatic carbocycles. The van der Waals surface area contributed by atoms with Crippen LogP contribution in [0.25, 0.3) is 0 Å². The van der Waals surface area contributed by atoms with Crippen LogP contribution in [-0.2, 0) is 58.3 Å². The molecule has 0 fully saturated rings. The summed E-state index contributed by atoms with van der Waals surface area (Å²) in [5.41, 5.74) is 1.79. The summed E-state index contributed by atoms with van der Waals surface area (Å²) in [6.45, 7) is 10.3. The number of ether oxygens (including phenoxy) is 1. The molecule has 13 heteroatoms. The van der Waals surface area contributed by atoms with Gasteiger partial charge in [0.25, 0.3) is 0 Å². The largest absolute Gasteiger partial charge is 0.416 e. The molecule has 49 heavy (non-hydrogen) atoms. The zero-order valence-corrected chi connectivity index (χ0v) is 29.2.